The van der Waals surface area contributed by atoms with Crippen LogP contribution in [0.3, 0.4) is 0 Å². The summed E-state index contributed by atoms with van der Waals surface area (Å²) in [5.74, 6) is -0.207. The summed E-state index contributed by atoms with van der Waals surface area (Å²) in [4.78, 5) is 0. The molecule has 1 aromatic rings. The highest BCUT2D eigenvalue weighted by Gasteiger charge is 2.18. The Morgan fingerprint density at radius 2 is 1.71 bits per heavy atom. The molecule has 1 rings (SSSR count). The van der Waals surface area contributed by atoms with Gasteiger partial charge in [0.2, 0.25) is 0 Å². The second kappa shape index (κ2) is 3.92. The van der Waals surface area contributed by atoms with Crippen LogP contribution >= 0.6 is 22.6 Å². The molecule has 2 nitrogen and oxygen atoms in total. The van der Waals surface area contributed by atoms with Crippen molar-refractivity contribution in [3.63, 3.8) is 0 Å². The van der Waals surface area contributed by atoms with Crippen LogP contribution in [0.15, 0.2) is 0 Å². The number of hydrogen-bond acceptors (Lipinski definition) is 2. The van der Waals surface area contributed by atoms with Gasteiger partial charge in [-0.25, -0.2) is 4.39 Å². The Hall–Kier alpha value is -0.520. The van der Waals surface area contributed by atoms with E-state index in [1.807, 2.05) is 43.4 Å². The first-order valence-corrected chi connectivity index (χ1v) is 5.48. The average molecular weight is 308 g/mol. The minimum absolute atomic E-state index is 0.139. The van der Waals surface area contributed by atoms with E-state index in [1.165, 1.54) is 0 Å². The molecular weight excluding hydrogens is 294 g/mol. The quantitative estimate of drug-likeness (QED) is 0.619. The lowest BCUT2D eigenvalue weighted by atomic mass is 9.96. The van der Waals surface area contributed by atoms with Crippen molar-refractivity contribution in [2.45, 2.75) is 26.7 Å². The van der Waals surface area contributed by atoms with Crippen molar-refractivity contribution in [1.82, 2.24) is 0 Å². The van der Waals surface area contributed by atoms with E-state index >= 15 is 0 Å². The van der Waals surface area contributed by atoms with Crippen molar-refractivity contribution in [2.75, 3.05) is 11.5 Å². The summed E-state index contributed by atoms with van der Waals surface area (Å²) in [6.07, 6.45) is 0. The largest absolute Gasteiger partial charge is 0.398 e. The Bertz CT molecular complexity index is 346. The molecule has 0 aromatic heterocycles. The first kappa shape index (κ1) is 11.6. The zero-order valence-electron chi connectivity index (χ0n) is 8.49. The Morgan fingerprint density at radius 3 is 2.14 bits per heavy atom. The van der Waals surface area contributed by atoms with E-state index in [0.29, 0.717) is 9.26 Å². The third-order valence-corrected chi connectivity index (χ3v) is 3.60. The second-order valence-electron chi connectivity index (χ2n) is 3.65. The van der Waals surface area contributed by atoms with Gasteiger partial charge in [0.15, 0.2) is 5.82 Å². The molecule has 0 aliphatic carbocycles. The molecule has 0 radical (unpaired) electrons. The number of benzene rings is 1. The Kier molecular flexibility index (Phi) is 3.24. The van der Waals surface area contributed by atoms with E-state index in [-0.39, 0.29) is 17.4 Å². The van der Waals surface area contributed by atoms with Crippen LogP contribution in [-0.4, -0.2) is 0 Å². The summed E-state index contributed by atoms with van der Waals surface area (Å²) >= 11 is 1.93. The zero-order chi connectivity index (χ0) is 11.0. The summed E-state index contributed by atoms with van der Waals surface area (Å²) in [6.45, 7) is 5.72. The van der Waals surface area contributed by atoms with Gasteiger partial charge in [-0.2, -0.15) is 0 Å². The van der Waals surface area contributed by atoms with Crippen molar-refractivity contribution in [3.8, 4) is 0 Å². The fraction of sp³-hybridized carbons (Fsp3) is 0.400. The van der Waals surface area contributed by atoms with Gasteiger partial charge in [0, 0.05) is 11.3 Å². The summed E-state index contributed by atoms with van der Waals surface area (Å²) < 4.78 is 14.1. The topological polar surface area (TPSA) is 52.0 Å². The van der Waals surface area contributed by atoms with E-state index in [2.05, 4.69) is 0 Å². The van der Waals surface area contributed by atoms with E-state index in [0.717, 1.165) is 11.1 Å². The highest BCUT2D eigenvalue weighted by atomic mass is 127. The summed E-state index contributed by atoms with van der Waals surface area (Å²) in [7, 11) is 0. The maximum absolute atomic E-state index is 13.6. The predicted octanol–water partition coefficient (Wildman–Crippen LogP) is 3.03. The van der Waals surface area contributed by atoms with Crippen molar-refractivity contribution < 1.29 is 4.39 Å². The molecule has 0 fully saturated rings. The van der Waals surface area contributed by atoms with Crippen molar-refractivity contribution >= 4 is 34.0 Å². The number of nitrogen functional groups attached to an aromatic ring is 2. The molecule has 0 saturated heterocycles. The molecule has 0 heterocycles. The number of nitrogens with two attached hydrogens (primary N) is 2. The molecule has 0 aliphatic heterocycles. The third-order valence-electron chi connectivity index (χ3n) is 2.32. The van der Waals surface area contributed by atoms with Crippen LogP contribution in [0.4, 0.5) is 15.8 Å². The van der Waals surface area contributed by atoms with Gasteiger partial charge in [-0.05, 0) is 41.0 Å². The molecule has 0 aliphatic rings. The Balaban J connectivity index is 3.60. The summed E-state index contributed by atoms with van der Waals surface area (Å²) in [5, 5.41) is 0. The summed E-state index contributed by atoms with van der Waals surface area (Å²) in [6, 6.07) is 0. The van der Waals surface area contributed by atoms with Gasteiger partial charge >= 0.3 is 0 Å². The van der Waals surface area contributed by atoms with Crippen molar-refractivity contribution in [3.05, 3.63) is 20.5 Å². The first-order chi connectivity index (χ1) is 6.37. The molecule has 4 N–H and O–H groups in total. The van der Waals surface area contributed by atoms with Gasteiger partial charge in [0.1, 0.15) is 0 Å². The highest BCUT2D eigenvalue weighted by molar-refractivity contribution is 14.1. The van der Waals surface area contributed by atoms with Crippen molar-refractivity contribution in [2.24, 2.45) is 0 Å². The van der Waals surface area contributed by atoms with Crippen LogP contribution in [0.25, 0.3) is 0 Å². The molecule has 78 valence electrons. The molecule has 4 heteroatoms. The average Bonchev–Trinajstić information content (AvgIpc) is 2.11. The van der Waals surface area contributed by atoms with E-state index in [9.17, 15) is 4.39 Å². The number of hydrogen-bond donors (Lipinski definition) is 2. The smallest absolute Gasteiger partial charge is 0.160 e. The molecule has 0 spiro atoms. The van der Waals surface area contributed by atoms with Crippen LogP contribution in [0.1, 0.15) is 30.9 Å². The van der Waals surface area contributed by atoms with Crippen LogP contribution in [0, 0.1) is 16.3 Å². The lowest BCUT2D eigenvalue weighted by molar-refractivity contribution is 0.620. The van der Waals surface area contributed by atoms with Gasteiger partial charge in [0.05, 0.1) is 9.26 Å². The predicted molar refractivity (Wildman–Crippen MR) is 66.8 cm³/mol. The van der Waals surface area contributed by atoms with Crippen LogP contribution in [0.2, 0.25) is 0 Å². The van der Waals surface area contributed by atoms with Gasteiger partial charge in [-0.3, -0.25) is 0 Å². The molecule has 0 bridgehead atoms. The lowest BCUT2D eigenvalue weighted by Crippen LogP contribution is -2.09. The maximum Gasteiger partial charge on any atom is 0.160 e. The minimum Gasteiger partial charge on any atom is -0.398 e. The number of rotatable bonds is 1. The molecule has 0 unspecified atom stereocenters. The van der Waals surface area contributed by atoms with E-state index in [4.69, 9.17) is 11.5 Å². The van der Waals surface area contributed by atoms with Crippen LogP contribution in [0.5, 0.6) is 0 Å². The fourth-order valence-corrected chi connectivity index (χ4v) is 2.07. The molecule has 0 saturated carbocycles. The number of halogens is 2. The molecule has 1 aromatic carbocycles. The fourth-order valence-electron chi connectivity index (χ4n) is 1.49. The maximum atomic E-state index is 13.6. The van der Waals surface area contributed by atoms with Crippen LogP contribution < -0.4 is 11.5 Å². The Labute approximate surface area is 97.0 Å². The lowest BCUT2D eigenvalue weighted by Gasteiger charge is -2.17. The van der Waals surface area contributed by atoms with Gasteiger partial charge in [0.25, 0.3) is 0 Å². The summed E-state index contributed by atoms with van der Waals surface area (Å²) in [5.41, 5.74) is 13.9. The van der Waals surface area contributed by atoms with Gasteiger partial charge in [-0.15, -0.1) is 0 Å². The van der Waals surface area contributed by atoms with Gasteiger partial charge in [-0.1, -0.05) is 13.8 Å². The zero-order valence-corrected chi connectivity index (χ0v) is 10.6. The normalized spacial score (nSPS) is 11.0. The monoisotopic (exact) mass is 308 g/mol. The Morgan fingerprint density at radius 1 is 1.21 bits per heavy atom. The third kappa shape index (κ3) is 1.67. The first-order valence-electron chi connectivity index (χ1n) is 4.40. The van der Waals surface area contributed by atoms with E-state index < -0.39 is 0 Å². The molecular formula is C10H14FIN2. The molecule has 14 heavy (non-hydrogen) atoms. The number of anilines is 2. The standard InChI is InChI=1S/C10H14FIN2/c1-4(2)6-9(13)5(3)8(12)7(11)10(6)14/h4H,13-14H2,1-3H3. The molecule has 0 amide bonds. The second-order valence-corrected chi connectivity index (χ2v) is 4.73. The van der Waals surface area contributed by atoms with Gasteiger partial charge < -0.3 is 11.5 Å². The van der Waals surface area contributed by atoms with E-state index in [1.54, 1.807) is 0 Å². The highest BCUT2D eigenvalue weighted by Crippen LogP contribution is 2.35. The van der Waals surface area contributed by atoms with Crippen molar-refractivity contribution in [1.29, 1.82) is 0 Å². The van der Waals surface area contributed by atoms with Crippen LogP contribution in [-0.2, 0) is 0 Å². The SMILES string of the molecule is Cc1c(N)c(C(C)C)c(N)c(F)c1I. The molecule has 0 atom stereocenters. The minimum atomic E-state index is -0.346.